The first-order valence-electron chi connectivity index (χ1n) is 6.44. The Bertz CT molecular complexity index is 428. The zero-order chi connectivity index (χ0) is 13.0. The lowest BCUT2D eigenvalue weighted by atomic mass is 10.1. The van der Waals surface area contributed by atoms with E-state index in [1.165, 1.54) is 6.42 Å². The lowest BCUT2D eigenvalue weighted by Gasteiger charge is -2.27. The maximum absolute atomic E-state index is 12.0. The molecule has 0 saturated carbocycles. The first-order valence-corrected chi connectivity index (χ1v) is 7.24. The summed E-state index contributed by atoms with van der Waals surface area (Å²) in [5.41, 5.74) is 2.18. The van der Waals surface area contributed by atoms with Gasteiger partial charge in [0.1, 0.15) is 0 Å². The predicted octanol–water partition coefficient (Wildman–Crippen LogP) is 3.18. The number of nitrogens with one attached hydrogen (secondary N) is 1. The second-order valence-electron chi connectivity index (χ2n) is 4.75. The average molecular weight is 311 g/mol. The zero-order valence-corrected chi connectivity index (χ0v) is 12.3. The quantitative estimate of drug-likeness (QED) is 0.930. The Balaban J connectivity index is 1.90. The van der Waals surface area contributed by atoms with Crippen LogP contribution in [0.1, 0.15) is 24.8 Å². The molecule has 98 valence electrons. The summed E-state index contributed by atoms with van der Waals surface area (Å²) >= 11 is 3.44. The normalized spacial score (nSPS) is 15.6. The molecule has 0 bridgehead atoms. The van der Waals surface area contributed by atoms with E-state index in [1.807, 2.05) is 30.0 Å². The van der Waals surface area contributed by atoms with Crippen molar-refractivity contribution in [2.24, 2.45) is 0 Å². The van der Waals surface area contributed by atoms with Crippen molar-refractivity contribution < 1.29 is 4.79 Å². The van der Waals surface area contributed by atoms with Crippen LogP contribution in [0.15, 0.2) is 22.7 Å². The summed E-state index contributed by atoms with van der Waals surface area (Å²) in [6, 6.07) is 6.06. The summed E-state index contributed by atoms with van der Waals surface area (Å²) in [4.78, 5) is 14.0. The minimum Gasteiger partial charge on any atom is -0.376 e. The van der Waals surface area contributed by atoms with Gasteiger partial charge < -0.3 is 10.2 Å². The first-order chi connectivity index (χ1) is 8.66. The van der Waals surface area contributed by atoms with Crippen LogP contribution < -0.4 is 5.32 Å². The van der Waals surface area contributed by atoms with Gasteiger partial charge in [-0.2, -0.15) is 0 Å². The fourth-order valence-electron chi connectivity index (χ4n) is 2.21. The number of amides is 1. The second-order valence-corrected chi connectivity index (χ2v) is 5.67. The maximum Gasteiger partial charge on any atom is 0.241 e. The molecular formula is C14H19BrN2O. The number of likely N-dealkylation sites (tertiary alicyclic amines) is 1. The first kappa shape index (κ1) is 13.4. The van der Waals surface area contributed by atoms with Crippen LogP contribution in [0.25, 0.3) is 0 Å². The number of anilines is 1. The van der Waals surface area contributed by atoms with Gasteiger partial charge in [0.2, 0.25) is 5.91 Å². The van der Waals surface area contributed by atoms with Gasteiger partial charge in [-0.1, -0.05) is 22.0 Å². The Morgan fingerprint density at radius 1 is 1.33 bits per heavy atom. The largest absolute Gasteiger partial charge is 0.376 e. The lowest BCUT2D eigenvalue weighted by molar-refractivity contribution is -0.130. The van der Waals surface area contributed by atoms with E-state index in [1.54, 1.807) is 0 Å². The van der Waals surface area contributed by atoms with Crippen molar-refractivity contribution in [1.82, 2.24) is 4.90 Å². The van der Waals surface area contributed by atoms with E-state index in [0.29, 0.717) is 6.54 Å². The third kappa shape index (κ3) is 3.48. The molecule has 0 aromatic heterocycles. The number of nitrogens with zero attached hydrogens (tertiary/aromatic N) is 1. The van der Waals surface area contributed by atoms with Gasteiger partial charge in [-0.15, -0.1) is 0 Å². The van der Waals surface area contributed by atoms with E-state index >= 15 is 0 Å². The molecule has 0 atom stereocenters. The van der Waals surface area contributed by atoms with Crippen molar-refractivity contribution in [1.29, 1.82) is 0 Å². The molecule has 4 heteroatoms. The molecule has 0 spiro atoms. The van der Waals surface area contributed by atoms with Crippen molar-refractivity contribution in [2.45, 2.75) is 26.2 Å². The molecule has 1 N–H and O–H groups in total. The highest BCUT2D eigenvalue weighted by molar-refractivity contribution is 9.10. The molecule has 2 rings (SSSR count). The van der Waals surface area contributed by atoms with Crippen molar-refractivity contribution in [3.05, 3.63) is 28.2 Å². The second kappa shape index (κ2) is 6.23. The molecule has 1 fully saturated rings. The summed E-state index contributed by atoms with van der Waals surface area (Å²) in [5, 5.41) is 3.23. The third-order valence-electron chi connectivity index (χ3n) is 3.34. The number of carbonyl (C=O) groups is 1. The number of halogens is 1. The molecule has 0 radical (unpaired) electrons. The molecule has 1 heterocycles. The smallest absolute Gasteiger partial charge is 0.241 e. The monoisotopic (exact) mass is 310 g/mol. The summed E-state index contributed by atoms with van der Waals surface area (Å²) in [6.07, 6.45) is 3.53. The fourth-order valence-corrected chi connectivity index (χ4v) is 2.57. The average Bonchev–Trinajstić information content (AvgIpc) is 2.40. The standard InChI is InChI=1S/C14H19BrN2O/c1-11-5-6-12(15)9-13(11)16-10-14(18)17-7-3-2-4-8-17/h5-6,9,16H,2-4,7-8,10H2,1H3. The maximum atomic E-state index is 12.0. The van der Waals surface area contributed by atoms with Gasteiger partial charge in [-0.25, -0.2) is 0 Å². The number of benzene rings is 1. The molecule has 1 aliphatic heterocycles. The highest BCUT2D eigenvalue weighted by Crippen LogP contribution is 2.20. The highest BCUT2D eigenvalue weighted by Gasteiger charge is 2.15. The van der Waals surface area contributed by atoms with Crippen LogP contribution in [0.3, 0.4) is 0 Å². The predicted molar refractivity (Wildman–Crippen MR) is 77.8 cm³/mol. The van der Waals surface area contributed by atoms with Gasteiger partial charge in [-0.05, 0) is 43.9 Å². The Kier molecular flexibility index (Phi) is 4.64. The van der Waals surface area contributed by atoms with Crippen LogP contribution in [0.5, 0.6) is 0 Å². The number of aryl methyl sites for hydroxylation is 1. The lowest BCUT2D eigenvalue weighted by Crippen LogP contribution is -2.39. The van der Waals surface area contributed by atoms with Crippen LogP contribution in [-0.4, -0.2) is 30.4 Å². The van der Waals surface area contributed by atoms with Gasteiger partial charge in [-0.3, -0.25) is 4.79 Å². The van der Waals surface area contributed by atoms with E-state index in [-0.39, 0.29) is 5.91 Å². The van der Waals surface area contributed by atoms with Crippen LogP contribution in [0.2, 0.25) is 0 Å². The van der Waals surface area contributed by atoms with Gasteiger partial charge in [0.25, 0.3) is 0 Å². The third-order valence-corrected chi connectivity index (χ3v) is 3.83. The van der Waals surface area contributed by atoms with Gasteiger partial charge in [0, 0.05) is 23.2 Å². The van der Waals surface area contributed by atoms with E-state index in [2.05, 4.69) is 21.2 Å². The molecule has 3 nitrogen and oxygen atoms in total. The number of piperidine rings is 1. The van der Waals surface area contributed by atoms with Crippen molar-refractivity contribution in [3.63, 3.8) is 0 Å². The Morgan fingerprint density at radius 2 is 2.06 bits per heavy atom. The fraction of sp³-hybridized carbons (Fsp3) is 0.500. The minimum atomic E-state index is 0.203. The summed E-state index contributed by atoms with van der Waals surface area (Å²) in [7, 11) is 0. The van der Waals surface area contributed by atoms with Crippen molar-refractivity contribution in [3.8, 4) is 0 Å². The molecule has 0 aliphatic carbocycles. The zero-order valence-electron chi connectivity index (χ0n) is 10.7. The van der Waals surface area contributed by atoms with E-state index in [4.69, 9.17) is 0 Å². The molecule has 1 amide bonds. The summed E-state index contributed by atoms with van der Waals surface area (Å²) in [6.45, 7) is 4.26. The van der Waals surface area contributed by atoms with E-state index in [0.717, 1.165) is 41.7 Å². The minimum absolute atomic E-state index is 0.203. The summed E-state index contributed by atoms with van der Waals surface area (Å²) < 4.78 is 1.03. The summed E-state index contributed by atoms with van der Waals surface area (Å²) in [5.74, 6) is 0.203. The Morgan fingerprint density at radius 3 is 2.78 bits per heavy atom. The Labute approximate surface area is 117 Å². The van der Waals surface area contributed by atoms with Crippen molar-refractivity contribution >= 4 is 27.5 Å². The molecule has 18 heavy (non-hydrogen) atoms. The van der Waals surface area contributed by atoms with Gasteiger partial charge in [0.15, 0.2) is 0 Å². The molecule has 1 saturated heterocycles. The topological polar surface area (TPSA) is 32.3 Å². The van der Waals surface area contributed by atoms with Crippen LogP contribution in [-0.2, 0) is 4.79 Å². The van der Waals surface area contributed by atoms with Crippen LogP contribution in [0.4, 0.5) is 5.69 Å². The number of hydrogen-bond acceptors (Lipinski definition) is 2. The van der Waals surface area contributed by atoms with Crippen LogP contribution >= 0.6 is 15.9 Å². The molecular weight excluding hydrogens is 292 g/mol. The van der Waals surface area contributed by atoms with Gasteiger partial charge >= 0.3 is 0 Å². The van der Waals surface area contributed by atoms with Crippen molar-refractivity contribution in [2.75, 3.05) is 25.0 Å². The Hall–Kier alpha value is -1.03. The number of rotatable bonds is 3. The highest BCUT2D eigenvalue weighted by atomic mass is 79.9. The van der Waals surface area contributed by atoms with Crippen LogP contribution in [0, 0.1) is 6.92 Å². The molecule has 0 unspecified atom stereocenters. The van der Waals surface area contributed by atoms with E-state index < -0.39 is 0 Å². The van der Waals surface area contributed by atoms with Gasteiger partial charge in [0.05, 0.1) is 6.54 Å². The number of carbonyl (C=O) groups excluding carboxylic acids is 1. The molecule has 1 aromatic rings. The van der Waals surface area contributed by atoms with E-state index in [9.17, 15) is 4.79 Å². The molecule has 1 aromatic carbocycles. The SMILES string of the molecule is Cc1ccc(Br)cc1NCC(=O)N1CCCCC1. The number of hydrogen-bond donors (Lipinski definition) is 1. The molecule has 1 aliphatic rings.